The zero-order valence-corrected chi connectivity index (χ0v) is 16.9. The number of hydrogen-bond donors (Lipinski definition) is 2. The van der Waals surface area contributed by atoms with Gasteiger partial charge >= 0.3 is 0 Å². The van der Waals surface area contributed by atoms with Gasteiger partial charge < -0.3 is 11.1 Å². The van der Waals surface area contributed by atoms with Crippen LogP contribution in [0.25, 0.3) is 0 Å². The van der Waals surface area contributed by atoms with Crippen LogP contribution in [0.2, 0.25) is 0 Å². The van der Waals surface area contributed by atoms with Crippen LogP contribution < -0.4 is 11.1 Å². The Kier molecular flexibility index (Phi) is 13.3. The van der Waals surface area contributed by atoms with E-state index >= 15 is 0 Å². The first-order valence-corrected chi connectivity index (χ1v) is 8.24. The van der Waals surface area contributed by atoms with Crippen molar-refractivity contribution in [2.75, 3.05) is 13.1 Å². The molecule has 6 heteroatoms. The van der Waals surface area contributed by atoms with Gasteiger partial charge in [0.05, 0.1) is 5.54 Å². The summed E-state index contributed by atoms with van der Waals surface area (Å²) < 4.78 is 0. The summed E-state index contributed by atoms with van der Waals surface area (Å²) >= 11 is 0. The molecule has 0 heterocycles. The van der Waals surface area contributed by atoms with Gasteiger partial charge in [0.2, 0.25) is 5.91 Å². The summed E-state index contributed by atoms with van der Waals surface area (Å²) in [6.45, 7) is 11.5. The second-order valence-corrected chi connectivity index (χ2v) is 6.45. The molecule has 1 amide bonds. The summed E-state index contributed by atoms with van der Waals surface area (Å²) in [5.74, 6) is -0.129. The van der Waals surface area contributed by atoms with Crippen molar-refractivity contribution in [2.45, 2.75) is 59.2 Å². The van der Waals surface area contributed by atoms with Crippen molar-refractivity contribution in [2.24, 2.45) is 5.73 Å². The van der Waals surface area contributed by atoms with E-state index in [1.54, 1.807) is 13.8 Å². The number of unbranched alkanes of at least 4 members (excludes halogenated alkanes) is 1. The Bertz CT molecular complexity index is 476. The summed E-state index contributed by atoms with van der Waals surface area (Å²) in [4.78, 5) is 14.3. The summed E-state index contributed by atoms with van der Waals surface area (Å²) in [6, 6.07) is 8.40. The standard InChI is InChI=1S/C18H31N3O.2ClH/c1-5-7-11-21(6-2)14-16-10-8-9-15(12-16)13-20-17(22)18(3,4)19;;/h8-10,12H,5-7,11,13-14,19H2,1-4H3,(H,20,22);2*1H. The Morgan fingerprint density at radius 3 is 2.38 bits per heavy atom. The van der Waals surface area contributed by atoms with E-state index in [1.165, 1.54) is 18.4 Å². The van der Waals surface area contributed by atoms with Gasteiger partial charge in [-0.05, 0) is 44.5 Å². The first kappa shape index (κ1) is 25.4. The molecule has 0 saturated heterocycles. The number of amides is 1. The molecule has 1 aromatic rings. The highest BCUT2D eigenvalue weighted by atomic mass is 35.5. The summed E-state index contributed by atoms with van der Waals surface area (Å²) in [5, 5.41) is 2.89. The van der Waals surface area contributed by atoms with Gasteiger partial charge in [0.15, 0.2) is 0 Å². The zero-order chi connectivity index (χ0) is 16.6. The minimum atomic E-state index is -0.837. The molecule has 0 aliphatic rings. The fraction of sp³-hybridized carbons (Fsp3) is 0.611. The van der Waals surface area contributed by atoms with Crippen LogP contribution in [0.4, 0.5) is 0 Å². The fourth-order valence-corrected chi connectivity index (χ4v) is 2.24. The summed E-state index contributed by atoms with van der Waals surface area (Å²) in [5.41, 5.74) is 7.35. The Labute approximate surface area is 159 Å². The van der Waals surface area contributed by atoms with Gasteiger partial charge in [0.1, 0.15) is 0 Å². The third-order valence-electron chi connectivity index (χ3n) is 3.71. The molecule has 1 aromatic carbocycles. The molecule has 0 spiro atoms. The minimum absolute atomic E-state index is 0. The maximum atomic E-state index is 11.8. The lowest BCUT2D eigenvalue weighted by Gasteiger charge is -2.21. The highest BCUT2D eigenvalue weighted by Crippen LogP contribution is 2.10. The quantitative estimate of drug-likeness (QED) is 0.691. The van der Waals surface area contributed by atoms with Crippen LogP contribution in [0.1, 0.15) is 51.7 Å². The van der Waals surface area contributed by atoms with Crippen LogP contribution in [-0.2, 0) is 17.9 Å². The van der Waals surface area contributed by atoms with E-state index in [0.717, 1.165) is 25.2 Å². The lowest BCUT2D eigenvalue weighted by atomic mass is 10.1. The third-order valence-corrected chi connectivity index (χ3v) is 3.71. The molecular formula is C18H33Cl2N3O. The van der Waals surface area contributed by atoms with Crippen LogP contribution in [0.5, 0.6) is 0 Å². The lowest BCUT2D eigenvalue weighted by molar-refractivity contribution is -0.125. The number of carbonyl (C=O) groups is 1. The number of nitrogens with one attached hydrogen (secondary N) is 1. The van der Waals surface area contributed by atoms with Crippen molar-refractivity contribution in [3.63, 3.8) is 0 Å². The predicted octanol–water partition coefficient (Wildman–Crippen LogP) is 3.51. The second kappa shape index (κ2) is 12.5. The van der Waals surface area contributed by atoms with E-state index in [0.29, 0.717) is 6.54 Å². The van der Waals surface area contributed by atoms with Gasteiger partial charge in [-0.3, -0.25) is 9.69 Å². The normalized spacial score (nSPS) is 10.8. The van der Waals surface area contributed by atoms with Gasteiger partial charge in [-0.1, -0.05) is 44.5 Å². The summed E-state index contributed by atoms with van der Waals surface area (Å²) in [6.07, 6.45) is 2.45. The van der Waals surface area contributed by atoms with E-state index in [9.17, 15) is 4.79 Å². The van der Waals surface area contributed by atoms with Gasteiger partial charge in [-0.15, -0.1) is 24.8 Å². The maximum absolute atomic E-state index is 11.8. The van der Waals surface area contributed by atoms with Crippen LogP contribution in [0.3, 0.4) is 0 Å². The number of carbonyl (C=O) groups excluding carboxylic acids is 1. The Morgan fingerprint density at radius 1 is 1.21 bits per heavy atom. The largest absolute Gasteiger partial charge is 0.350 e. The Hall–Kier alpha value is -0.810. The highest BCUT2D eigenvalue weighted by Gasteiger charge is 2.21. The zero-order valence-electron chi connectivity index (χ0n) is 15.3. The van der Waals surface area contributed by atoms with Gasteiger partial charge in [-0.2, -0.15) is 0 Å². The van der Waals surface area contributed by atoms with Crippen molar-refractivity contribution < 1.29 is 4.79 Å². The first-order chi connectivity index (χ1) is 10.4. The number of halogens is 2. The van der Waals surface area contributed by atoms with Gasteiger partial charge in [-0.25, -0.2) is 0 Å². The van der Waals surface area contributed by atoms with Crippen LogP contribution in [-0.4, -0.2) is 29.4 Å². The summed E-state index contributed by atoms with van der Waals surface area (Å²) in [7, 11) is 0. The highest BCUT2D eigenvalue weighted by molar-refractivity contribution is 5.85. The van der Waals surface area contributed by atoms with Crippen molar-refractivity contribution >= 4 is 30.7 Å². The van der Waals surface area contributed by atoms with Crippen LogP contribution >= 0.6 is 24.8 Å². The van der Waals surface area contributed by atoms with E-state index in [-0.39, 0.29) is 30.7 Å². The third kappa shape index (κ3) is 9.48. The molecule has 140 valence electrons. The molecule has 4 nitrogen and oxygen atoms in total. The molecule has 0 atom stereocenters. The molecule has 1 rings (SSSR count). The Morgan fingerprint density at radius 2 is 1.83 bits per heavy atom. The van der Waals surface area contributed by atoms with Gasteiger partial charge in [0, 0.05) is 13.1 Å². The number of hydrogen-bond acceptors (Lipinski definition) is 3. The number of nitrogens with zero attached hydrogens (tertiary/aromatic N) is 1. The van der Waals surface area contributed by atoms with Crippen molar-refractivity contribution in [3.8, 4) is 0 Å². The van der Waals surface area contributed by atoms with Crippen molar-refractivity contribution in [3.05, 3.63) is 35.4 Å². The molecule has 0 saturated carbocycles. The molecule has 0 bridgehead atoms. The molecule has 3 N–H and O–H groups in total. The molecule has 0 aromatic heterocycles. The lowest BCUT2D eigenvalue weighted by Crippen LogP contribution is -2.48. The monoisotopic (exact) mass is 377 g/mol. The van der Waals surface area contributed by atoms with E-state index in [4.69, 9.17) is 5.73 Å². The maximum Gasteiger partial charge on any atom is 0.239 e. The molecule has 0 unspecified atom stereocenters. The average molecular weight is 378 g/mol. The van der Waals surface area contributed by atoms with E-state index < -0.39 is 5.54 Å². The average Bonchev–Trinajstić information content (AvgIpc) is 2.48. The first-order valence-electron chi connectivity index (χ1n) is 8.24. The molecular weight excluding hydrogens is 345 g/mol. The number of rotatable bonds is 9. The van der Waals surface area contributed by atoms with E-state index in [2.05, 4.69) is 42.3 Å². The smallest absolute Gasteiger partial charge is 0.239 e. The predicted molar refractivity (Wildman–Crippen MR) is 107 cm³/mol. The van der Waals surface area contributed by atoms with Crippen LogP contribution in [0.15, 0.2) is 24.3 Å². The molecule has 24 heavy (non-hydrogen) atoms. The number of benzene rings is 1. The molecule has 0 fully saturated rings. The van der Waals surface area contributed by atoms with Crippen LogP contribution in [0, 0.1) is 0 Å². The SMILES string of the molecule is CCCCN(CC)Cc1cccc(CNC(=O)C(C)(C)N)c1.Cl.Cl. The fourth-order valence-electron chi connectivity index (χ4n) is 2.24. The minimum Gasteiger partial charge on any atom is -0.350 e. The van der Waals surface area contributed by atoms with Gasteiger partial charge in [0.25, 0.3) is 0 Å². The Balaban J connectivity index is 0. The molecule has 0 aliphatic carbocycles. The molecule has 0 radical (unpaired) electrons. The van der Waals surface area contributed by atoms with Crippen molar-refractivity contribution in [1.82, 2.24) is 10.2 Å². The van der Waals surface area contributed by atoms with Crippen molar-refractivity contribution in [1.29, 1.82) is 0 Å². The number of nitrogens with two attached hydrogens (primary N) is 1. The second-order valence-electron chi connectivity index (χ2n) is 6.45. The molecule has 0 aliphatic heterocycles. The van der Waals surface area contributed by atoms with E-state index in [1.807, 2.05) is 6.07 Å². The topological polar surface area (TPSA) is 58.4 Å².